The molecule has 1 aromatic heterocycles. The number of carboxylic acid groups (broad SMARTS) is 1. The van der Waals surface area contributed by atoms with Gasteiger partial charge in [0, 0.05) is 0 Å². The summed E-state index contributed by atoms with van der Waals surface area (Å²) >= 11 is 1.23. The summed E-state index contributed by atoms with van der Waals surface area (Å²) in [6, 6.07) is 6.44. The van der Waals surface area contributed by atoms with Gasteiger partial charge in [0.2, 0.25) is 0 Å². The molecule has 96 valence electrons. The van der Waals surface area contributed by atoms with Crippen LogP contribution in [-0.2, 0) is 4.79 Å². The van der Waals surface area contributed by atoms with Crippen molar-refractivity contribution >= 4 is 27.6 Å². The first-order chi connectivity index (χ1) is 8.56. The minimum Gasteiger partial charge on any atom is -0.480 e. The maximum absolute atomic E-state index is 12.2. The Bertz CT molecular complexity index is 628. The number of hydrogen-bond donors (Lipinski definition) is 1. The Kier molecular flexibility index (Phi) is 3.52. The number of carboxylic acids is 1. The zero-order valence-corrected chi connectivity index (χ0v) is 11.1. The molecule has 0 fully saturated rings. The summed E-state index contributed by atoms with van der Waals surface area (Å²) < 4.78 is 2.22. The highest BCUT2D eigenvalue weighted by Gasteiger charge is 2.28. The fraction of sp³-hybridized carbons (Fsp3) is 0.385. The highest BCUT2D eigenvalue weighted by Crippen LogP contribution is 2.26. The molecule has 1 heterocycles. The summed E-state index contributed by atoms with van der Waals surface area (Å²) in [6.45, 7) is 3.79. The third kappa shape index (κ3) is 2.06. The predicted octanol–water partition coefficient (Wildman–Crippen LogP) is 2.73. The predicted molar refractivity (Wildman–Crippen MR) is 72.2 cm³/mol. The molecule has 4 nitrogen and oxygen atoms in total. The second-order valence-corrected chi connectivity index (χ2v) is 5.40. The van der Waals surface area contributed by atoms with E-state index in [2.05, 4.69) is 0 Å². The average molecular weight is 265 g/mol. The average Bonchev–Trinajstić information content (AvgIpc) is 2.67. The van der Waals surface area contributed by atoms with Crippen molar-refractivity contribution in [1.82, 2.24) is 3.96 Å². The second-order valence-electron chi connectivity index (χ2n) is 4.39. The summed E-state index contributed by atoms with van der Waals surface area (Å²) in [4.78, 5) is 23.6. The lowest BCUT2D eigenvalue weighted by Gasteiger charge is -2.18. The quantitative estimate of drug-likeness (QED) is 0.924. The first kappa shape index (κ1) is 12.8. The summed E-state index contributed by atoms with van der Waals surface area (Å²) in [5.41, 5.74) is -0.205. The number of aromatic nitrogens is 1. The topological polar surface area (TPSA) is 59.3 Å². The van der Waals surface area contributed by atoms with E-state index in [9.17, 15) is 14.7 Å². The monoisotopic (exact) mass is 265 g/mol. The molecular formula is C13H15NO3S. The molecule has 0 unspecified atom stereocenters. The van der Waals surface area contributed by atoms with Crippen LogP contribution in [0.2, 0.25) is 0 Å². The molecule has 0 saturated heterocycles. The van der Waals surface area contributed by atoms with Crippen molar-refractivity contribution in [2.75, 3.05) is 0 Å². The van der Waals surface area contributed by atoms with Gasteiger partial charge in [-0.15, -0.1) is 0 Å². The van der Waals surface area contributed by atoms with Gasteiger partial charge < -0.3 is 5.11 Å². The summed E-state index contributed by atoms with van der Waals surface area (Å²) in [5.74, 6) is -1.02. The molecule has 0 radical (unpaired) electrons. The zero-order valence-electron chi connectivity index (χ0n) is 10.3. The molecule has 0 aliphatic carbocycles. The number of fused-ring (bicyclic) bond motifs is 1. The standard InChI is InChI=1S/C13H15NO3S/c1-3-8(2)11(13(16)17)14-12(15)9-6-4-5-7-10(9)18-14/h4-8,11H,3H2,1-2H3,(H,16,17)/t8-,11-/m1/s1. The van der Waals surface area contributed by atoms with E-state index in [1.807, 2.05) is 26.0 Å². The molecule has 2 rings (SSSR count). The highest BCUT2D eigenvalue weighted by atomic mass is 32.1. The van der Waals surface area contributed by atoms with Gasteiger partial charge in [-0.25, -0.2) is 8.75 Å². The van der Waals surface area contributed by atoms with E-state index in [1.165, 1.54) is 15.5 Å². The minimum atomic E-state index is -0.946. The number of nitrogens with zero attached hydrogens (tertiary/aromatic N) is 1. The lowest BCUT2D eigenvalue weighted by Crippen LogP contribution is -2.30. The molecule has 2 atom stereocenters. The molecule has 2 aromatic rings. The molecule has 0 aliphatic rings. The van der Waals surface area contributed by atoms with Crippen LogP contribution in [0.4, 0.5) is 0 Å². The Morgan fingerprint density at radius 3 is 2.67 bits per heavy atom. The van der Waals surface area contributed by atoms with Gasteiger partial charge >= 0.3 is 5.97 Å². The first-order valence-corrected chi connectivity index (χ1v) is 6.67. The SMILES string of the molecule is CC[C@@H](C)[C@H](C(=O)O)n1sc2ccccc2c1=O. The zero-order chi connectivity index (χ0) is 13.3. The van der Waals surface area contributed by atoms with Crippen LogP contribution in [0.15, 0.2) is 29.1 Å². The maximum Gasteiger partial charge on any atom is 0.328 e. The van der Waals surface area contributed by atoms with Crippen molar-refractivity contribution in [1.29, 1.82) is 0 Å². The molecule has 1 aromatic carbocycles. The Balaban J connectivity index is 2.61. The van der Waals surface area contributed by atoms with Crippen molar-refractivity contribution in [2.24, 2.45) is 5.92 Å². The van der Waals surface area contributed by atoms with Crippen LogP contribution in [0.5, 0.6) is 0 Å². The molecule has 1 N–H and O–H groups in total. The van der Waals surface area contributed by atoms with E-state index < -0.39 is 12.0 Å². The molecule has 5 heteroatoms. The third-order valence-corrected chi connectivity index (χ3v) is 4.35. The summed E-state index contributed by atoms with van der Waals surface area (Å²) in [6.07, 6.45) is 0.720. The highest BCUT2D eigenvalue weighted by molar-refractivity contribution is 7.14. The van der Waals surface area contributed by atoms with E-state index in [1.54, 1.807) is 12.1 Å². The van der Waals surface area contributed by atoms with Gasteiger partial charge in [-0.2, -0.15) is 0 Å². The van der Waals surface area contributed by atoms with Crippen molar-refractivity contribution in [3.05, 3.63) is 34.6 Å². The minimum absolute atomic E-state index is 0.0757. The molecule has 18 heavy (non-hydrogen) atoms. The molecule has 0 saturated carbocycles. The van der Waals surface area contributed by atoms with Gasteiger partial charge in [-0.3, -0.25) is 4.79 Å². The van der Waals surface area contributed by atoms with Crippen molar-refractivity contribution < 1.29 is 9.90 Å². The van der Waals surface area contributed by atoms with E-state index in [0.29, 0.717) is 5.39 Å². The number of hydrogen-bond acceptors (Lipinski definition) is 3. The van der Waals surface area contributed by atoms with Crippen LogP contribution in [0, 0.1) is 5.92 Å². The van der Waals surface area contributed by atoms with Crippen molar-refractivity contribution in [3.63, 3.8) is 0 Å². The smallest absolute Gasteiger partial charge is 0.328 e. The van der Waals surface area contributed by atoms with E-state index in [-0.39, 0.29) is 11.5 Å². The Morgan fingerprint density at radius 2 is 2.11 bits per heavy atom. The van der Waals surface area contributed by atoms with Crippen LogP contribution in [0.3, 0.4) is 0 Å². The van der Waals surface area contributed by atoms with Gasteiger partial charge in [0.1, 0.15) is 6.04 Å². The Labute approximate surface area is 109 Å². The fourth-order valence-corrected chi connectivity index (χ4v) is 3.17. The lowest BCUT2D eigenvalue weighted by molar-refractivity contribution is -0.142. The van der Waals surface area contributed by atoms with Crippen LogP contribution in [0.1, 0.15) is 26.3 Å². The summed E-state index contributed by atoms with van der Waals surface area (Å²) in [7, 11) is 0. The largest absolute Gasteiger partial charge is 0.480 e. The van der Waals surface area contributed by atoms with Crippen LogP contribution in [0.25, 0.3) is 10.1 Å². The van der Waals surface area contributed by atoms with Crippen LogP contribution in [-0.4, -0.2) is 15.0 Å². The fourth-order valence-electron chi connectivity index (χ4n) is 1.97. The van der Waals surface area contributed by atoms with E-state index in [0.717, 1.165) is 11.1 Å². The first-order valence-electron chi connectivity index (χ1n) is 5.89. The maximum atomic E-state index is 12.2. The second kappa shape index (κ2) is 4.94. The van der Waals surface area contributed by atoms with E-state index in [4.69, 9.17) is 0 Å². The number of benzene rings is 1. The summed E-state index contributed by atoms with van der Waals surface area (Å²) in [5, 5.41) is 9.92. The molecule has 0 amide bonds. The Hall–Kier alpha value is -1.62. The number of carbonyl (C=O) groups is 1. The van der Waals surface area contributed by atoms with Crippen LogP contribution < -0.4 is 5.56 Å². The Morgan fingerprint density at radius 1 is 1.44 bits per heavy atom. The number of rotatable bonds is 4. The molecule has 0 spiro atoms. The molecular weight excluding hydrogens is 250 g/mol. The number of aliphatic carboxylic acids is 1. The lowest BCUT2D eigenvalue weighted by atomic mass is 10.00. The van der Waals surface area contributed by atoms with E-state index >= 15 is 0 Å². The van der Waals surface area contributed by atoms with Gasteiger partial charge in [0.05, 0.1) is 10.1 Å². The normalized spacial score (nSPS) is 14.6. The molecule has 0 bridgehead atoms. The van der Waals surface area contributed by atoms with Gasteiger partial charge in [-0.05, 0) is 18.1 Å². The van der Waals surface area contributed by atoms with Gasteiger partial charge in [0.15, 0.2) is 0 Å². The van der Waals surface area contributed by atoms with Gasteiger partial charge in [0.25, 0.3) is 5.56 Å². The van der Waals surface area contributed by atoms with Crippen LogP contribution >= 0.6 is 11.5 Å². The molecule has 0 aliphatic heterocycles. The van der Waals surface area contributed by atoms with Crippen molar-refractivity contribution in [2.45, 2.75) is 26.3 Å². The van der Waals surface area contributed by atoms with Gasteiger partial charge in [-0.1, -0.05) is 43.9 Å². The third-order valence-electron chi connectivity index (χ3n) is 3.20. The van der Waals surface area contributed by atoms with Crippen molar-refractivity contribution in [3.8, 4) is 0 Å².